The minimum absolute atomic E-state index is 0.104. The minimum Gasteiger partial charge on any atom is -0.346 e. The second-order valence-electron chi connectivity index (χ2n) is 7.84. The van der Waals surface area contributed by atoms with Crippen LogP contribution in [-0.4, -0.2) is 28.8 Å². The minimum atomic E-state index is -0.941. The fraction of sp³-hybridized carbons (Fsp3) is 0.160. The molecular weight excluding hydrogens is 456 g/mol. The first-order valence-electron chi connectivity index (χ1n) is 10.1. The Labute approximate surface area is 188 Å². The fourth-order valence-corrected chi connectivity index (χ4v) is 5.15. The monoisotopic (exact) mass is 474 g/mol. The molecule has 3 aromatic rings. The summed E-state index contributed by atoms with van der Waals surface area (Å²) >= 11 is 3.44. The van der Waals surface area contributed by atoms with E-state index in [2.05, 4.69) is 15.9 Å². The molecule has 5 rings (SSSR count). The summed E-state index contributed by atoms with van der Waals surface area (Å²) in [4.78, 5) is 27.9. The van der Waals surface area contributed by atoms with E-state index in [0.29, 0.717) is 5.56 Å². The largest absolute Gasteiger partial charge is 0.346 e. The summed E-state index contributed by atoms with van der Waals surface area (Å²) in [5.41, 5.74) is 3.17. The van der Waals surface area contributed by atoms with E-state index >= 15 is 0 Å². The molecule has 0 aliphatic carbocycles. The quantitative estimate of drug-likeness (QED) is 0.290. The number of fused-ring (bicyclic) bond motifs is 3. The molecule has 0 unspecified atom stereocenters. The molecule has 0 amide bonds. The molecule has 0 radical (unpaired) electrons. The summed E-state index contributed by atoms with van der Waals surface area (Å²) in [5, 5.41) is 12.3. The standard InChI is InChI=1S/C25H19BrN2O3/c26-19-13-10-17(11-14-19)22-23(28(30)31)21-15-12-16-6-4-5-9-20(16)27(21)24(22)25(29)18-7-2-1-3-8-18/h1-15,21-24H/t21-,22+,23-,24-/m0/s1. The summed E-state index contributed by atoms with van der Waals surface area (Å²) in [6.45, 7) is 0. The van der Waals surface area contributed by atoms with Gasteiger partial charge in [-0.15, -0.1) is 0 Å². The first-order chi connectivity index (χ1) is 15.1. The number of anilines is 1. The van der Waals surface area contributed by atoms with Crippen LogP contribution in [0.1, 0.15) is 27.4 Å². The first kappa shape index (κ1) is 19.7. The Kier molecular flexibility index (Phi) is 4.94. The van der Waals surface area contributed by atoms with Crippen molar-refractivity contribution in [1.29, 1.82) is 0 Å². The van der Waals surface area contributed by atoms with E-state index in [1.807, 2.05) is 83.8 Å². The van der Waals surface area contributed by atoms with Crippen LogP contribution < -0.4 is 4.90 Å². The molecule has 1 saturated heterocycles. The lowest BCUT2D eigenvalue weighted by molar-refractivity contribution is -0.524. The van der Waals surface area contributed by atoms with E-state index in [0.717, 1.165) is 21.3 Å². The Bertz CT molecular complexity index is 1180. The predicted molar refractivity (Wildman–Crippen MR) is 124 cm³/mol. The van der Waals surface area contributed by atoms with Crippen molar-refractivity contribution < 1.29 is 9.72 Å². The number of para-hydroxylation sites is 1. The third-order valence-electron chi connectivity index (χ3n) is 6.19. The molecule has 4 atom stereocenters. The molecule has 2 aliphatic rings. The highest BCUT2D eigenvalue weighted by atomic mass is 79.9. The molecule has 1 fully saturated rings. The van der Waals surface area contributed by atoms with Gasteiger partial charge in [-0.2, -0.15) is 0 Å². The van der Waals surface area contributed by atoms with Gasteiger partial charge in [-0.25, -0.2) is 0 Å². The molecule has 154 valence electrons. The van der Waals surface area contributed by atoms with E-state index in [1.165, 1.54) is 0 Å². The van der Waals surface area contributed by atoms with Gasteiger partial charge in [0.1, 0.15) is 12.1 Å². The van der Waals surface area contributed by atoms with Gasteiger partial charge < -0.3 is 4.90 Å². The highest BCUT2D eigenvalue weighted by Gasteiger charge is 2.58. The van der Waals surface area contributed by atoms with Gasteiger partial charge in [0.25, 0.3) is 0 Å². The zero-order valence-electron chi connectivity index (χ0n) is 16.5. The van der Waals surface area contributed by atoms with Crippen LogP contribution in [0.3, 0.4) is 0 Å². The smallest absolute Gasteiger partial charge is 0.245 e. The average Bonchev–Trinajstić information content (AvgIpc) is 3.15. The van der Waals surface area contributed by atoms with Crippen LogP contribution in [0.4, 0.5) is 5.69 Å². The second kappa shape index (κ2) is 7.78. The van der Waals surface area contributed by atoms with Crippen LogP contribution in [0, 0.1) is 10.1 Å². The molecule has 3 aromatic carbocycles. The van der Waals surface area contributed by atoms with Crippen molar-refractivity contribution in [2.75, 3.05) is 4.90 Å². The van der Waals surface area contributed by atoms with Crippen molar-refractivity contribution in [3.8, 4) is 0 Å². The van der Waals surface area contributed by atoms with Gasteiger partial charge >= 0.3 is 0 Å². The third-order valence-corrected chi connectivity index (χ3v) is 6.72. The topological polar surface area (TPSA) is 63.4 Å². The lowest BCUT2D eigenvalue weighted by Crippen LogP contribution is -2.44. The molecule has 6 heteroatoms. The van der Waals surface area contributed by atoms with Gasteiger partial charge in [0.2, 0.25) is 6.04 Å². The van der Waals surface area contributed by atoms with Gasteiger partial charge in [-0.05, 0) is 29.3 Å². The Balaban J connectivity index is 1.72. The molecule has 0 spiro atoms. The van der Waals surface area contributed by atoms with Crippen molar-refractivity contribution in [2.45, 2.75) is 24.0 Å². The SMILES string of the molecule is O=C(c1ccccc1)[C@@H]1[C@H](c2ccc(Br)cc2)[C@@H]([N+](=O)[O-])[C@@H]2C=Cc3ccccc3N12. The summed E-state index contributed by atoms with van der Waals surface area (Å²) in [7, 11) is 0. The number of benzene rings is 3. The van der Waals surface area contributed by atoms with Crippen LogP contribution in [0.25, 0.3) is 6.08 Å². The van der Waals surface area contributed by atoms with Gasteiger partial charge in [-0.3, -0.25) is 14.9 Å². The molecular formula is C25H19BrN2O3. The molecule has 0 bridgehead atoms. The van der Waals surface area contributed by atoms with Crippen LogP contribution in [0.2, 0.25) is 0 Å². The molecule has 2 aliphatic heterocycles. The van der Waals surface area contributed by atoms with Gasteiger partial charge in [0.15, 0.2) is 5.78 Å². The molecule has 0 aromatic heterocycles. The number of carbonyl (C=O) groups excluding carboxylic acids is 1. The Morgan fingerprint density at radius 3 is 2.32 bits per heavy atom. The summed E-state index contributed by atoms with van der Waals surface area (Å²) in [5.74, 6) is -0.690. The zero-order valence-corrected chi connectivity index (χ0v) is 18.1. The molecule has 0 saturated carbocycles. The van der Waals surface area contributed by atoms with E-state index < -0.39 is 24.0 Å². The summed E-state index contributed by atoms with van der Waals surface area (Å²) in [6.07, 6.45) is 3.81. The molecule has 31 heavy (non-hydrogen) atoms. The van der Waals surface area contributed by atoms with E-state index in [-0.39, 0.29) is 10.7 Å². The lowest BCUT2D eigenvalue weighted by Gasteiger charge is -2.34. The maximum Gasteiger partial charge on any atom is 0.245 e. The Morgan fingerprint density at radius 1 is 0.935 bits per heavy atom. The number of carbonyl (C=O) groups is 1. The summed E-state index contributed by atoms with van der Waals surface area (Å²) < 4.78 is 0.890. The van der Waals surface area contributed by atoms with Crippen molar-refractivity contribution in [1.82, 2.24) is 0 Å². The van der Waals surface area contributed by atoms with E-state index in [1.54, 1.807) is 12.1 Å². The van der Waals surface area contributed by atoms with Crippen molar-refractivity contribution in [2.24, 2.45) is 0 Å². The molecule has 5 nitrogen and oxygen atoms in total. The van der Waals surface area contributed by atoms with E-state index in [4.69, 9.17) is 0 Å². The number of rotatable bonds is 4. The highest BCUT2D eigenvalue weighted by molar-refractivity contribution is 9.10. The maximum absolute atomic E-state index is 13.8. The van der Waals surface area contributed by atoms with Crippen LogP contribution in [0.15, 0.2) is 89.4 Å². The number of ketones is 1. The average molecular weight is 475 g/mol. The van der Waals surface area contributed by atoms with Crippen LogP contribution in [0.5, 0.6) is 0 Å². The fourth-order valence-electron chi connectivity index (χ4n) is 4.89. The zero-order chi connectivity index (χ0) is 21.5. The van der Waals surface area contributed by atoms with Crippen molar-refractivity contribution >= 4 is 33.5 Å². The van der Waals surface area contributed by atoms with Crippen molar-refractivity contribution in [3.05, 3.63) is 116 Å². The Hall–Kier alpha value is -3.25. The maximum atomic E-state index is 13.8. The van der Waals surface area contributed by atoms with Gasteiger partial charge in [-0.1, -0.05) is 88.7 Å². The molecule has 2 heterocycles. The second-order valence-corrected chi connectivity index (χ2v) is 8.76. The number of halogens is 1. The highest BCUT2D eigenvalue weighted by Crippen LogP contribution is 2.47. The predicted octanol–water partition coefficient (Wildman–Crippen LogP) is 5.35. The van der Waals surface area contributed by atoms with Crippen LogP contribution in [-0.2, 0) is 0 Å². The number of Topliss-reactive ketones (excluding diaryl/α,β-unsaturated/α-hetero) is 1. The number of nitro groups is 1. The lowest BCUT2D eigenvalue weighted by atomic mass is 9.84. The van der Waals surface area contributed by atoms with Gasteiger partial charge in [0, 0.05) is 20.6 Å². The number of hydrogen-bond acceptors (Lipinski definition) is 4. The van der Waals surface area contributed by atoms with Crippen molar-refractivity contribution in [3.63, 3.8) is 0 Å². The van der Waals surface area contributed by atoms with Gasteiger partial charge in [0.05, 0.1) is 5.92 Å². The Morgan fingerprint density at radius 2 is 1.61 bits per heavy atom. The first-order valence-corrected chi connectivity index (χ1v) is 10.9. The van der Waals surface area contributed by atoms with E-state index in [9.17, 15) is 14.9 Å². The molecule has 0 N–H and O–H groups in total. The normalized spacial score (nSPS) is 23.8. The number of nitrogens with zero attached hydrogens (tertiary/aromatic N) is 2. The summed E-state index contributed by atoms with van der Waals surface area (Å²) in [6, 6.07) is 22.2. The third kappa shape index (κ3) is 3.27. The number of hydrogen-bond donors (Lipinski definition) is 0. The van der Waals surface area contributed by atoms with Crippen LogP contribution >= 0.6 is 15.9 Å².